The van der Waals surface area contributed by atoms with Crippen LogP contribution in [0.25, 0.3) is 10.9 Å². The van der Waals surface area contributed by atoms with Gasteiger partial charge < -0.3 is 40.2 Å². The summed E-state index contributed by atoms with van der Waals surface area (Å²) in [5.41, 5.74) is 0.789. The monoisotopic (exact) mass is 1060 g/mol. The van der Waals surface area contributed by atoms with Gasteiger partial charge in [-0.15, -0.1) is 0 Å². The number of fused-ring (bicyclic) bond motifs is 1. The summed E-state index contributed by atoms with van der Waals surface area (Å²) in [6.45, 7) is 23.0. The van der Waals surface area contributed by atoms with E-state index in [2.05, 4.69) is 21.3 Å². The first-order valence-corrected chi connectivity index (χ1v) is 26.4. The Balaban J connectivity index is 1.60. The molecule has 0 bridgehead atoms. The molecule has 0 unspecified atom stereocenters. The number of benzene rings is 4. The Bertz CT molecular complexity index is 2760. The number of para-hydroxylation sites is 1. The number of aromatic nitrogens is 1. The van der Waals surface area contributed by atoms with Gasteiger partial charge in [0.1, 0.15) is 34.9 Å². The van der Waals surface area contributed by atoms with Crippen LogP contribution in [0.1, 0.15) is 132 Å². The maximum Gasteiger partial charge on any atom is 0.419 e. The molecule has 4 N–H and O–H groups in total. The fraction of sp³-hybridized carbons (Fsp3) is 0.459. The molecule has 5 aromatic rings. The molecule has 0 aliphatic rings. The normalized spacial score (nSPS) is 13.9. The molecule has 4 amide bonds. The predicted octanol–water partition coefficient (Wildman–Crippen LogP) is 9.81. The van der Waals surface area contributed by atoms with E-state index in [-0.39, 0.29) is 25.8 Å². The number of carbonyl (C=O) groups excluding carboxylic acids is 6. The van der Waals surface area contributed by atoms with Crippen molar-refractivity contribution in [3.05, 3.63) is 144 Å². The Morgan fingerprint density at radius 1 is 0.558 bits per heavy atom. The van der Waals surface area contributed by atoms with Crippen molar-refractivity contribution in [3.8, 4) is 0 Å². The molecule has 4 aromatic carbocycles. The fourth-order valence-electron chi connectivity index (χ4n) is 8.40. The minimum absolute atomic E-state index is 0.0418. The van der Waals surface area contributed by atoms with Crippen LogP contribution < -0.4 is 21.3 Å². The summed E-state index contributed by atoms with van der Waals surface area (Å²) in [5.74, 6) is -2.77. The molecule has 0 saturated carbocycles. The van der Waals surface area contributed by atoms with E-state index in [0.717, 1.165) is 16.7 Å². The maximum atomic E-state index is 15.3. The zero-order valence-electron chi connectivity index (χ0n) is 47.2. The van der Waals surface area contributed by atoms with Crippen molar-refractivity contribution < 1.29 is 47.7 Å². The van der Waals surface area contributed by atoms with Crippen LogP contribution in [0.5, 0.6) is 0 Å². The van der Waals surface area contributed by atoms with Crippen LogP contribution in [0.3, 0.4) is 0 Å². The van der Waals surface area contributed by atoms with Gasteiger partial charge in [0.25, 0.3) is 0 Å². The van der Waals surface area contributed by atoms with Crippen molar-refractivity contribution in [3.63, 3.8) is 0 Å². The largest absolute Gasteiger partial charge is 0.458 e. The summed E-state index contributed by atoms with van der Waals surface area (Å²) in [6.07, 6.45) is 0.222. The van der Waals surface area contributed by atoms with Crippen LogP contribution in [0.4, 0.5) is 9.59 Å². The van der Waals surface area contributed by atoms with E-state index in [1.165, 1.54) is 4.57 Å². The van der Waals surface area contributed by atoms with E-state index in [0.29, 0.717) is 35.0 Å². The van der Waals surface area contributed by atoms with E-state index in [4.69, 9.17) is 23.9 Å². The first-order valence-electron chi connectivity index (χ1n) is 26.4. The van der Waals surface area contributed by atoms with Gasteiger partial charge >= 0.3 is 18.2 Å². The van der Waals surface area contributed by atoms with Gasteiger partial charge in [0.05, 0.1) is 22.9 Å². The van der Waals surface area contributed by atoms with Crippen LogP contribution in [0, 0.1) is 0 Å². The minimum atomic E-state index is -1.38. The Hall–Kier alpha value is -7.33. The number of ether oxygens (including phenoxy) is 4. The molecule has 1 heterocycles. The zero-order chi connectivity index (χ0) is 56.7. The Labute approximate surface area is 454 Å². The number of rotatable bonds is 21. The van der Waals surface area contributed by atoms with E-state index < -0.39 is 88.6 Å². The average molecular weight is 1060 g/mol. The molecule has 0 aliphatic carbocycles. The lowest BCUT2D eigenvalue weighted by Gasteiger charge is -2.33. The molecule has 0 radical (unpaired) electrons. The van der Waals surface area contributed by atoms with Gasteiger partial charge in [0.15, 0.2) is 6.04 Å². The van der Waals surface area contributed by atoms with Gasteiger partial charge in [-0.05, 0) is 126 Å². The number of amides is 4. The van der Waals surface area contributed by atoms with Gasteiger partial charge in [-0.25, -0.2) is 14.4 Å². The summed E-state index contributed by atoms with van der Waals surface area (Å²) in [4.78, 5) is 90.7. The van der Waals surface area contributed by atoms with Crippen molar-refractivity contribution in [1.82, 2.24) is 25.8 Å². The Morgan fingerprint density at radius 3 is 1.64 bits per heavy atom. The van der Waals surface area contributed by atoms with E-state index in [1.54, 1.807) is 87.6 Å². The van der Waals surface area contributed by atoms with Crippen molar-refractivity contribution in [2.75, 3.05) is 6.54 Å². The minimum Gasteiger partial charge on any atom is -0.458 e. The van der Waals surface area contributed by atoms with Crippen molar-refractivity contribution >= 4 is 52.5 Å². The lowest BCUT2D eigenvalue weighted by Crippen LogP contribution is -2.59. The number of unbranched alkanes of at least 4 members (excludes halogenated alkanes) is 1. The second kappa shape index (κ2) is 26.6. The van der Waals surface area contributed by atoms with Crippen LogP contribution in [-0.4, -0.2) is 105 Å². The number of nitrogens with one attached hydrogen (secondary N) is 4. The van der Waals surface area contributed by atoms with E-state index >= 15 is 9.59 Å². The summed E-state index contributed by atoms with van der Waals surface area (Å²) in [7, 11) is 0. The highest BCUT2D eigenvalue weighted by Crippen LogP contribution is 2.26. The van der Waals surface area contributed by atoms with E-state index in [1.807, 2.05) is 124 Å². The average Bonchev–Trinajstić information content (AvgIpc) is 3.71. The van der Waals surface area contributed by atoms with E-state index in [9.17, 15) is 19.2 Å². The molecule has 0 saturated heterocycles. The van der Waals surface area contributed by atoms with Gasteiger partial charge in [0, 0.05) is 42.1 Å². The third kappa shape index (κ3) is 20.0. The van der Waals surface area contributed by atoms with Gasteiger partial charge in [-0.2, -0.15) is 0 Å². The fourth-order valence-corrected chi connectivity index (χ4v) is 8.40. The molecule has 77 heavy (non-hydrogen) atoms. The molecule has 5 atom stereocenters. The molecule has 0 spiro atoms. The molecule has 16 nitrogen and oxygen atoms in total. The summed E-state index contributed by atoms with van der Waals surface area (Å²) < 4.78 is 24.5. The summed E-state index contributed by atoms with van der Waals surface area (Å²) in [6, 6.07) is 30.6. The molecular weight excluding hydrogens is 977 g/mol. The highest BCUT2D eigenvalue weighted by Gasteiger charge is 2.37. The number of nitrogens with zero attached hydrogens (tertiary/aromatic N) is 2. The third-order valence-corrected chi connectivity index (χ3v) is 11.6. The highest BCUT2D eigenvalue weighted by atomic mass is 16.6. The Morgan fingerprint density at radius 2 is 1.08 bits per heavy atom. The van der Waals surface area contributed by atoms with Gasteiger partial charge in [-0.1, -0.05) is 109 Å². The highest BCUT2D eigenvalue weighted by molar-refractivity contribution is 6.13. The zero-order valence-corrected chi connectivity index (χ0v) is 47.2. The molecular formula is C61H80N6O10. The van der Waals surface area contributed by atoms with Gasteiger partial charge in [0.2, 0.25) is 17.7 Å². The maximum absolute atomic E-state index is 15.3. The molecule has 1 aromatic heterocycles. The quantitative estimate of drug-likeness (QED) is 0.0237. The number of alkyl carbamates (subject to hydrolysis) is 1. The summed E-state index contributed by atoms with van der Waals surface area (Å²) >= 11 is 0. The lowest BCUT2D eigenvalue weighted by atomic mass is 9.99. The van der Waals surface area contributed by atoms with Crippen molar-refractivity contribution in [2.24, 2.45) is 4.99 Å². The first-order chi connectivity index (χ1) is 36.1. The summed E-state index contributed by atoms with van der Waals surface area (Å²) in [5, 5.41) is 12.2. The molecule has 0 fully saturated rings. The predicted molar refractivity (Wildman–Crippen MR) is 300 cm³/mol. The number of carbonyl (C=O) groups is 6. The number of aliphatic imine (C=N–C) groups is 1. The SMILES string of the molecule is C[C@@H](OC(C)(C)C)[C@H](NC(=O)[C@H](CCCCNC(=O)OC(C)(C)C)NC(=O)[C@H](Cc1cn(C(=O)OC(C)(C)C)c2ccccc12)NC(=O)[C@@H](Cc1ccccc1)N=C(c1ccccc1)c1ccccc1)C(=O)OC(C)(C)C. The molecule has 414 valence electrons. The second-order valence-corrected chi connectivity index (χ2v) is 23.1. The van der Waals surface area contributed by atoms with Crippen LogP contribution in [0.15, 0.2) is 126 Å². The van der Waals surface area contributed by atoms with Gasteiger partial charge in [-0.3, -0.25) is 23.9 Å². The first kappa shape index (κ1) is 60.5. The molecule has 16 heteroatoms. The van der Waals surface area contributed by atoms with Crippen LogP contribution in [-0.2, 0) is 51.0 Å². The topological polar surface area (TPSA) is 205 Å². The van der Waals surface area contributed by atoms with Crippen LogP contribution in [0.2, 0.25) is 0 Å². The lowest BCUT2D eigenvalue weighted by molar-refractivity contribution is -0.166. The standard InChI is InChI=1S/C61H80N6O10/c1-40(74-58(2,3)4)50(55(71)75-59(5,6)7)66-52(68)46(34-25-26-36-62-56(72)76-60(8,9)10)64-54(70)48(38-44-39-67(57(73)77-61(11,12)13)49-35-24-23-33-45(44)49)65-53(69)47(37-41-27-17-14-18-28-41)63-51(42-29-19-15-20-30-42)43-31-21-16-22-32-43/h14-24,27-33,35,39-40,46-48,50H,25-26,34,36-38H2,1-13H3,(H,62,72)(H,64,70)(H,65,69)(H,66,68)/t40-,46+,47-,48+,50+/m1/s1. The molecule has 0 aliphatic heterocycles. The third-order valence-electron chi connectivity index (χ3n) is 11.6. The number of hydrogen-bond donors (Lipinski definition) is 4. The Kier molecular flexibility index (Phi) is 20.9. The number of hydrogen-bond acceptors (Lipinski definition) is 11. The smallest absolute Gasteiger partial charge is 0.419 e. The molecule has 5 rings (SSSR count). The second-order valence-electron chi connectivity index (χ2n) is 23.1. The van der Waals surface area contributed by atoms with Crippen molar-refractivity contribution in [1.29, 1.82) is 0 Å². The number of esters is 1. The van der Waals surface area contributed by atoms with Crippen molar-refractivity contribution in [2.45, 2.75) is 175 Å². The van der Waals surface area contributed by atoms with Crippen LogP contribution >= 0.6 is 0 Å².